The van der Waals surface area contributed by atoms with E-state index in [1.54, 1.807) is 0 Å². The van der Waals surface area contributed by atoms with Crippen LogP contribution in [0.3, 0.4) is 0 Å². The van der Waals surface area contributed by atoms with Crippen LogP contribution >= 0.6 is 0 Å². The van der Waals surface area contributed by atoms with Gasteiger partial charge in [0.15, 0.2) is 5.96 Å². The van der Waals surface area contributed by atoms with Crippen LogP contribution in [0.4, 0.5) is 0 Å². The van der Waals surface area contributed by atoms with E-state index in [0.717, 1.165) is 38.5 Å². The molecule has 1 atom stereocenters. The van der Waals surface area contributed by atoms with E-state index in [0.29, 0.717) is 0 Å². The maximum atomic E-state index is 5.84. The van der Waals surface area contributed by atoms with E-state index in [-0.39, 0.29) is 11.0 Å². The first-order valence-corrected chi connectivity index (χ1v) is 8.80. The summed E-state index contributed by atoms with van der Waals surface area (Å²) in [5, 5.41) is 6.97. The third-order valence-corrected chi connectivity index (χ3v) is 5.44. The lowest BCUT2D eigenvalue weighted by Gasteiger charge is -2.43. The van der Waals surface area contributed by atoms with E-state index in [2.05, 4.69) is 52.9 Å². The number of nitrogens with one attached hydrogen (secondary N) is 2. The zero-order chi connectivity index (χ0) is 16.2. The Bertz CT molecular complexity index is 531. The SMILES string of the molecule is CN=C(NCC1(C)CCCO1)NCC1(c2ccccc2)CCC1. The van der Waals surface area contributed by atoms with Gasteiger partial charge in [0.25, 0.3) is 0 Å². The molecule has 2 N–H and O–H groups in total. The second-order valence-corrected chi connectivity index (χ2v) is 7.18. The molecule has 2 aliphatic rings. The first-order valence-electron chi connectivity index (χ1n) is 8.80. The summed E-state index contributed by atoms with van der Waals surface area (Å²) >= 11 is 0. The summed E-state index contributed by atoms with van der Waals surface area (Å²) < 4.78 is 5.84. The van der Waals surface area contributed by atoms with Crippen LogP contribution in [-0.2, 0) is 10.2 Å². The lowest BCUT2D eigenvalue weighted by Crippen LogP contribution is -2.51. The third kappa shape index (κ3) is 3.69. The molecule has 0 spiro atoms. The molecule has 4 heteroatoms. The van der Waals surface area contributed by atoms with Gasteiger partial charge in [0.1, 0.15) is 0 Å². The summed E-state index contributed by atoms with van der Waals surface area (Å²) in [5.74, 6) is 0.879. The number of nitrogens with zero attached hydrogens (tertiary/aromatic N) is 1. The van der Waals surface area contributed by atoms with Gasteiger partial charge in [-0.05, 0) is 38.2 Å². The van der Waals surface area contributed by atoms with Gasteiger partial charge < -0.3 is 15.4 Å². The Balaban J connectivity index is 1.55. The lowest BCUT2D eigenvalue weighted by atomic mass is 9.64. The van der Waals surface area contributed by atoms with Crippen LogP contribution in [0.25, 0.3) is 0 Å². The molecule has 4 nitrogen and oxygen atoms in total. The summed E-state index contributed by atoms with van der Waals surface area (Å²) in [7, 11) is 1.84. The second-order valence-electron chi connectivity index (χ2n) is 7.18. The minimum Gasteiger partial charge on any atom is -0.373 e. The summed E-state index contributed by atoms with van der Waals surface area (Å²) in [6.07, 6.45) is 6.09. The highest BCUT2D eigenvalue weighted by Gasteiger charge is 2.38. The van der Waals surface area contributed by atoms with Crippen molar-refractivity contribution in [3.63, 3.8) is 0 Å². The molecule has 126 valence electrons. The van der Waals surface area contributed by atoms with Gasteiger partial charge in [0, 0.05) is 32.2 Å². The number of guanidine groups is 1. The molecule has 0 aromatic heterocycles. The van der Waals surface area contributed by atoms with Crippen molar-refractivity contribution in [1.29, 1.82) is 0 Å². The largest absolute Gasteiger partial charge is 0.373 e. The number of aliphatic imine (C=N–C) groups is 1. The van der Waals surface area contributed by atoms with Crippen LogP contribution in [0.1, 0.15) is 44.6 Å². The minimum absolute atomic E-state index is 0.0504. The van der Waals surface area contributed by atoms with Gasteiger partial charge >= 0.3 is 0 Å². The molecule has 23 heavy (non-hydrogen) atoms. The summed E-state index contributed by atoms with van der Waals surface area (Å²) in [5.41, 5.74) is 1.66. The fraction of sp³-hybridized carbons (Fsp3) is 0.632. The molecule has 1 aromatic carbocycles. The van der Waals surface area contributed by atoms with Crippen LogP contribution in [0.5, 0.6) is 0 Å². The average Bonchev–Trinajstić information content (AvgIpc) is 2.97. The molecule has 1 aromatic rings. The van der Waals surface area contributed by atoms with Crippen LogP contribution in [0, 0.1) is 0 Å². The van der Waals surface area contributed by atoms with Crippen LogP contribution < -0.4 is 10.6 Å². The van der Waals surface area contributed by atoms with Crippen molar-refractivity contribution in [3.05, 3.63) is 35.9 Å². The molecule has 1 saturated carbocycles. The highest BCUT2D eigenvalue weighted by Crippen LogP contribution is 2.43. The number of ether oxygens (including phenoxy) is 1. The highest BCUT2D eigenvalue weighted by atomic mass is 16.5. The molecule has 1 saturated heterocycles. The van der Waals surface area contributed by atoms with Crippen LogP contribution in [0.15, 0.2) is 35.3 Å². The predicted molar refractivity (Wildman–Crippen MR) is 94.9 cm³/mol. The van der Waals surface area contributed by atoms with Gasteiger partial charge in [-0.1, -0.05) is 36.8 Å². The molecule has 2 fully saturated rings. The van der Waals surface area contributed by atoms with Gasteiger partial charge in [-0.3, -0.25) is 4.99 Å². The number of benzene rings is 1. The summed E-state index contributed by atoms with van der Waals surface area (Å²) in [6.45, 7) is 4.80. The number of hydrogen-bond donors (Lipinski definition) is 2. The molecular weight excluding hydrogens is 286 g/mol. The van der Waals surface area contributed by atoms with Crippen LogP contribution in [0.2, 0.25) is 0 Å². The van der Waals surface area contributed by atoms with Gasteiger partial charge in [0.2, 0.25) is 0 Å². The average molecular weight is 315 g/mol. The normalized spacial score (nSPS) is 26.6. The minimum atomic E-state index is -0.0504. The number of hydrogen-bond acceptors (Lipinski definition) is 2. The zero-order valence-corrected chi connectivity index (χ0v) is 14.4. The van der Waals surface area contributed by atoms with Gasteiger partial charge in [-0.15, -0.1) is 0 Å². The third-order valence-electron chi connectivity index (χ3n) is 5.44. The topological polar surface area (TPSA) is 45.7 Å². The highest BCUT2D eigenvalue weighted by molar-refractivity contribution is 5.79. The van der Waals surface area contributed by atoms with E-state index in [4.69, 9.17) is 4.74 Å². The molecule has 0 radical (unpaired) electrons. The smallest absolute Gasteiger partial charge is 0.191 e. The standard InChI is InChI=1S/C19H29N3O/c1-18(10-7-13-23-18)14-21-17(20-2)22-15-19(11-6-12-19)16-8-4-3-5-9-16/h3-5,8-9H,6-7,10-15H2,1-2H3,(H2,20,21,22). The van der Waals surface area contributed by atoms with Crippen molar-refractivity contribution in [1.82, 2.24) is 10.6 Å². The lowest BCUT2D eigenvalue weighted by molar-refractivity contribution is 0.0242. The van der Waals surface area contributed by atoms with E-state index >= 15 is 0 Å². The fourth-order valence-corrected chi connectivity index (χ4v) is 3.68. The molecule has 1 heterocycles. The monoisotopic (exact) mass is 315 g/mol. The maximum Gasteiger partial charge on any atom is 0.191 e. The van der Waals surface area contributed by atoms with Crippen molar-refractivity contribution >= 4 is 5.96 Å². The Morgan fingerprint density at radius 2 is 1.83 bits per heavy atom. The second kappa shape index (κ2) is 6.91. The Morgan fingerprint density at radius 1 is 1.09 bits per heavy atom. The van der Waals surface area contributed by atoms with Crippen molar-refractivity contribution in [3.8, 4) is 0 Å². The van der Waals surface area contributed by atoms with Crippen molar-refractivity contribution in [2.45, 2.75) is 50.0 Å². The van der Waals surface area contributed by atoms with Gasteiger partial charge in [-0.2, -0.15) is 0 Å². The molecule has 1 aliphatic heterocycles. The molecular formula is C19H29N3O. The van der Waals surface area contributed by atoms with E-state index in [1.165, 1.54) is 24.8 Å². The van der Waals surface area contributed by atoms with E-state index < -0.39 is 0 Å². The van der Waals surface area contributed by atoms with Gasteiger partial charge in [-0.25, -0.2) is 0 Å². The molecule has 1 unspecified atom stereocenters. The first kappa shape index (κ1) is 16.3. The zero-order valence-electron chi connectivity index (χ0n) is 14.4. The van der Waals surface area contributed by atoms with Crippen molar-refractivity contribution in [2.24, 2.45) is 4.99 Å². The summed E-state index contributed by atoms with van der Waals surface area (Å²) in [4.78, 5) is 4.37. The Morgan fingerprint density at radius 3 is 2.39 bits per heavy atom. The Hall–Kier alpha value is -1.55. The fourth-order valence-electron chi connectivity index (χ4n) is 3.68. The first-order chi connectivity index (χ1) is 11.2. The molecule has 3 rings (SSSR count). The van der Waals surface area contributed by atoms with Crippen molar-refractivity contribution in [2.75, 3.05) is 26.7 Å². The van der Waals surface area contributed by atoms with Crippen molar-refractivity contribution < 1.29 is 4.74 Å². The van der Waals surface area contributed by atoms with Gasteiger partial charge in [0.05, 0.1) is 5.60 Å². The quantitative estimate of drug-likeness (QED) is 0.649. The maximum absolute atomic E-state index is 5.84. The molecule has 0 bridgehead atoms. The Labute approximate surface area is 139 Å². The predicted octanol–water partition coefficient (Wildman–Crippen LogP) is 2.84. The Kier molecular flexibility index (Phi) is 4.90. The molecule has 1 aliphatic carbocycles. The van der Waals surface area contributed by atoms with Crippen LogP contribution in [-0.4, -0.2) is 38.3 Å². The number of rotatable bonds is 5. The summed E-state index contributed by atoms with van der Waals surface area (Å²) in [6, 6.07) is 10.9. The van der Waals surface area contributed by atoms with E-state index in [1.807, 2.05) is 7.05 Å². The van der Waals surface area contributed by atoms with E-state index in [9.17, 15) is 0 Å². The molecule has 0 amide bonds.